The number of aliphatic carboxylic acids is 2. The number of aliphatic hydroxyl groups excluding tert-OH is 7. The van der Waals surface area contributed by atoms with Crippen LogP contribution >= 0.6 is 0 Å². The summed E-state index contributed by atoms with van der Waals surface area (Å²) >= 11 is 0. The molecule has 52 nitrogen and oxygen atoms in total. The summed E-state index contributed by atoms with van der Waals surface area (Å²) in [6, 6.07) is -8.42. The van der Waals surface area contributed by atoms with Crippen LogP contribution < -0.4 is 14.2 Å². The SMILES string of the molecule is O=C(O)[C@H]1O[C@H](OC2[C@H](COS(=O)(=O)O)O[C@H](O[C@H]3[C@H](O)[C@H](OS(=O)(=O)O)[C@H](O[C@@H]4[C@@H](O)[C@H](NS(=O)(=O)O)[C@H](O)O[C@H]4COS(=O)(=O)O)O[C@@H]3C(=O)O)[C@H](NS(=O)(=O)O)[C@H]2OS(=O)(=O)O)[C@@H](O)[C@H](O)[C@H]1O[C@@H]1O[C@@H](COS(=O)(=O)O)[C@H](O)[C@H](O)[C@@H]1NS(=O)(=O)O. The predicted molar refractivity (Wildman–Crippen MR) is 257 cm³/mol. The molecule has 528 valence electrons. The van der Waals surface area contributed by atoms with Crippen molar-refractivity contribution < 1.29 is 223 Å². The molecular formula is C30H51N3O49S8. The first-order chi connectivity index (χ1) is 40.6. The maximum Gasteiger partial charge on any atom is 0.397 e. The van der Waals surface area contributed by atoms with Crippen molar-refractivity contribution in [1.29, 1.82) is 0 Å². The number of carboxylic acid groups (broad SMARTS) is 2. The molecule has 0 spiro atoms. The molecule has 0 aliphatic carbocycles. The van der Waals surface area contributed by atoms with Crippen LogP contribution in [0.4, 0.5) is 0 Å². The molecule has 5 heterocycles. The minimum Gasteiger partial charge on any atom is -0.479 e. The summed E-state index contributed by atoms with van der Waals surface area (Å²) in [6.07, 6.45) is -64.7. The Kier molecular flexibility index (Phi) is 25.4. The summed E-state index contributed by atoms with van der Waals surface area (Å²) in [5.41, 5.74) is 0. The third kappa shape index (κ3) is 22.4. The second kappa shape index (κ2) is 29.3. The molecule has 0 amide bonds. The summed E-state index contributed by atoms with van der Waals surface area (Å²) in [6.45, 7) is -5.16. The third-order valence-corrected chi connectivity index (χ3v) is 16.2. The van der Waals surface area contributed by atoms with Crippen molar-refractivity contribution in [3.8, 4) is 0 Å². The smallest absolute Gasteiger partial charge is 0.397 e. The second-order valence-corrected chi connectivity index (χ2v) is 27.4. The van der Waals surface area contributed by atoms with Crippen molar-refractivity contribution in [2.24, 2.45) is 0 Å². The van der Waals surface area contributed by atoms with Crippen molar-refractivity contribution in [2.45, 2.75) is 153 Å². The molecule has 25 atom stereocenters. The highest BCUT2D eigenvalue weighted by Crippen LogP contribution is 2.38. The standard InChI is InChI=1S/C30H51N3O49S8/c34-10-4(1-69-86(54,55)56)73-27(8(11(10)35)32-84(48,49)50)77-19-13(37)14(38)29(79-22(19)24(40)41)76-17-6(3-71-88(60,61)62)74-28(9(33-85(51,52)53)18(17)81-89(63,64)65)78-20-15(39)21(82-90(66,67)68)30(80-23(20)25(42)43)75-16-5(2-70-87(57,58)59)72-26(44)7(12(16)36)31-83(45,46)47/h4-23,26-39,44H,1-3H2,(H,40,41)(H,42,43)(H,45,46,47)(H,48,49,50)(H,51,52,53)(H,54,55,56)(H,57,58,59)(H,60,61,62)(H,63,64,65)(H,66,67,68)/t4-,5-,6-,7-,8-,9+,10-,11+,12-,13-,14-,15-,16-,17?,18+,19+,20-,21-,22-,23-,26+,27-,28+,29-,30+/m0/s1. The van der Waals surface area contributed by atoms with E-state index in [1.165, 1.54) is 9.44 Å². The van der Waals surface area contributed by atoms with E-state index in [2.05, 4.69) is 20.9 Å². The first kappa shape index (κ1) is 78.0. The van der Waals surface area contributed by atoms with Crippen LogP contribution in [0.25, 0.3) is 0 Å². The number of rotatable bonds is 29. The third-order valence-electron chi connectivity index (χ3n) is 12.2. The topological polar surface area (TPSA) is 816 Å². The van der Waals surface area contributed by atoms with Crippen LogP contribution in [0.5, 0.6) is 0 Å². The highest BCUT2D eigenvalue weighted by Gasteiger charge is 2.61. The van der Waals surface area contributed by atoms with Gasteiger partial charge in [-0.2, -0.15) is 81.5 Å². The highest BCUT2D eigenvalue weighted by molar-refractivity contribution is 7.84. The second-order valence-electron chi connectivity index (χ2n) is 18.5. The number of carboxylic acids is 2. The largest absolute Gasteiger partial charge is 0.479 e. The number of nitrogens with one attached hydrogen (secondary N) is 3. The summed E-state index contributed by atoms with van der Waals surface area (Å²) in [4.78, 5) is 25.7. The van der Waals surface area contributed by atoms with E-state index in [9.17, 15) is 150 Å². The molecule has 5 fully saturated rings. The Labute approximate surface area is 502 Å². The van der Waals surface area contributed by atoms with Crippen LogP contribution in [-0.2, 0) is 156 Å². The molecule has 5 rings (SSSR count). The quantitative estimate of drug-likeness (QED) is 0.0309. The first-order valence-corrected chi connectivity index (χ1v) is 34.3. The van der Waals surface area contributed by atoms with Crippen LogP contribution in [0, 0.1) is 0 Å². The van der Waals surface area contributed by atoms with Gasteiger partial charge in [0.1, 0.15) is 104 Å². The van der Waals surface area contributed by atoms with Crippen LogP contribution in [0.1, 0.15) is 0 Å². The van der Waals surface area contributed by atoms with Gasteiger partial charge in [-0.15, -0.1) is 0 Å². The van der Waals surface area contributed by atoms with Crippen molar-refractivity contribution in [2.75, 3.05) is 19.8 Å². The lowest BCUT2D eigenvalue weighted by atomic mass is 9.94. The molecule has 5 aliphatic rings. The maximum absolute atomic E-state index is 12.9. The van der Waals surface area contributed by atoms with E-state index in [0.29, 0.717) is 0 Å². The van der Waals surface area contributed by atoms with Gasteiger partial charge in [-0.3, -0.25) is 36.4 Å². The lowest BCUT2D eigenvalue weighted by molar-refractivity contribution is -0.372. The summed E-state index contributed by atoms with van der Waals surface area (Å²) in [7, 11) is -46.7. The first-order valence-electron chi connectivity index (χ1n) is 23.2. The number of carbonyl (C=O) groups is 2. The zero-order valence-electron chi connectivity index (χ0n) is 43.0. The normalized spacial score (nSPS) is 38.9. The Bertz CT molecular complexity index is 3470. The van der Waals surface area contributed by atoms with Gasteiger partial charge in [0.05, 0.1) is 19.8 Å². The molecule has 90 heavy (non-hydrogen) atoms. The van der Waals surface area contributed by atoms with E-state index in [1.54, 1.807) is 0 Å². The zero-order chi connectivity index (χ0) is 68.7. The van der Waals surface area contributed by atoms with Gasteiger partial charge in [0, 0.05) is 0 Å². The molecule has 20 N–H and O–H groups in total. The van der Waals surface area contributed by atoms with E-state index < -0.39 is 268 Å². The molecule has 5 aliphatic heterocycles. The van der Waals surface area contributed by atoms with Crippen LogP contribution in [0.15, 0.2) is 0 Å². The predicted octanol–water partition coefficient (Wildman–Crippen LogP) is -14.4. The van der Waals surface area contributed by atoms with Crippen molar-refractivity contribution in [3.05, 3.63) is 0 Å². The van der Waals surface area contributed by atoms with Gasteiger partial charge in [-0.25, -0.2) is 30.5 Å². The van der Waals surface area contributed by atoms with Crippen molar-refractivity contribution >= 4 is 94.8 Å². The number of hydrogen-bond donors (Lipinski definition) is 20. The van der Waals surface area contributed by atoms with Gasteiger partial charge in [0.2, 0.25) is 0 Å². The lowest BCUT2D eigenvalue weighted by Gasteiger charge is -2.50. The van der Waals surface area contributed by atoms with Crippen molar-refractivity contribution in [1.82, 2.24) is 14.2 Å². The molecule has 0 bridgehead atoms. The summed E-state index contributed by atoms with van der Waals surface area (Å²) in [5, 5.41) is 97.8. The van der Waals surface area contributed by atoms with Crippen LogP contribution in [-0.4, -0.2) is 335 Å². The Hall–Kier alpha value is -2.74. The average Bonchev–Trinajstić information content (AvgIpc) is 0.774. The minimum absolute atomic E-state index is 1.09. The number of aliphatic hydroxyl groups is 7. The van der Waals surface area contributed by atoms with Gasteiger partial charge >= 0.3 is 94.8 Å². The van der Waals surface area contributed by atoms with Crippen LogP contribution in [0.2, 0.25) is 0 Å². The van der Waals surface area contributed by atoms with E-state index in [4.69, 9.17) is 51.7 Å². The van der Waals surface area contributed by atoms with Gasteiger partial charge in [-0.05, 0) is 0 Å². The number of ether oxygens (including phenoxy) is 9. The van der Waals surface area contributed by atoms with Gasteiger partial charge in [0.25, 0.3) is 0 Å². The molecule has 0 aromatic heterocycles. The van der Waals surface area contributed by atoms with E-state index in [0.717, 1.165) is 4.72 Å². The lowest BCUT2D eigenvalue weighted by Crippen LogP contribution is -2.71. The van der Waals surface area contributed by atoms with Crippen LogP contribution in [0.3, 0.4) is 0 Å². The van der Waals surface area contributed by atoms with Crippen molar-refractivity contribution in [3.63, 3.8) is 0 Å². The Morgan fingerprint density at radius 3 is 1.14 bits per heavy atom. The Morgan fingerprint density at radius 2 is 0.700 bits per heavy atom. The van der Waals surface area contributed by atoms with Gasteiger partial charge in [-0.1, -0.05) is 0 Å². The molecule has 0 aromatic carbocycles. The van der Waals surface area contributed by atoms with Gasteiger partial charge < -0.3 is 88.6 Å². The molecule has 60 heteroatoms. The summed E-state index contributed by atoms with van der Waals surface area (Å²) < 4.78 is 339. The zero-order valence-corrected chi connectivity index (χ0v) is 49.5. The highest BCUT2D eigenvalue weighted by atomic mass is 32.3. The van der Waals surface area contributed by atoms with E-state index in [1.807, 2.05) is 0 Å². The molecule has 0 radical (unpaired) electrons. The van der Waals surface area contributed by atoms with E-state index >= 15 is 0 Å². The Morgan fingerprint density at radius 1 is 0.333 bits per heavy atom. The monoisotopic (exact) mass is 1490 g/mol. The fourth-order valence-electron chi connectivity index (χ4n) is 8.80. The van der Waals surface area contributed by atoms with Gasteiger partial charge in [0.15, 0.2) is 49.8 Å². The molecule has 0 saturated carbocycles. The fraction of sp³-hybridized carbons (Fsp3) is 0.933. The van der Waals surface area contributed by atoms with E-state index in [-0.39, 0.29) is 0 Å². The molecular weight excluding hydrogens is 1440 g/mol. The maximum atomic E-state index is 12.9. The molecule has 0 aromatic rings. The molecule has 1 unspecified atom stereocenters. The fourth-order valence-corrected chi connectivity index (χ4v) is 12.5. The molecule has 5 saturated heterocycles. The summed E-state index contributed by atoms with van der Waals surface area (Å²) in [5.74, 6) is -4.94. The Balaban J connectivity index is 1.59. The minimum atomic E-state index is -6.36. The average molecular weight is 1490 g/mol. The number of hydrogen-bond acceptors (Lipinski definition) is 39.